The number of piperazine rings is 1. The Kier molecular flexibility index (Phi) is 3.58. The molecule has 1 amide bonds. The third-order valence-electron chi connectivity index (χ3n) is 4.13. The minimum atomic E-state index is -0.414. The molecule has 0 unspecified atom stereocenters. The highest BCUT2D eigenvalue weighted by molar-refractivity contribution is 5.69. The highest BCUT2D eigenvalue weighted by Crippen LogP contribution is 2.36. The average Bonchev–Trinajstić information content (AvgIpc) is 2.25. The second-order valence-electron chi connectivity index (χ2n) is 6.74. The van der Waals surface area contributed by atoms with Crippen LogP contribution in [0.15, 0.2) is 0 Å². The summed E-state index contributed by atoms with van der Waals surface area (Å²) in [6, 6.07) is 0.424. The second kappa shape index (κ2) is 4.72. The lowest BCUT2D eigenvalue weighted by Crippen LogP contribution is -2.68. The molecule has 1 aliphatic heterocycles. The normalized spacial score (nSPS) is 32.9. The van der Waals surface area contributed by atoms with Crippen LogP contribution >= 0.6 is 0 Å². The summed E-state index contributed by atoms with van der Waals surface area (Å²) in [7, 11) is 0. The maximum Gasteiger partial charge on any atom is 0.410 e. The molecule has 2 atom stereocenters. The molecule has 1 saturated heterocycles. The minimum Gasteiger partial charge on any atom is -0.444 e. The van der Waals surface area contributed by atoms with Crippen LogP contribution in [0.1, 0.15) is 53.4 Å². The minimum absolute atomic E-state index is 0.0706. The van der Waals surface area contributed by atoms with E-state index in [0.29, 0.717) is 6.04 Å². The summed E-state index contributed by atoms with van der Waals surface area (Å²) in [5.41, 5.74) is -0.485. The van der Waals surface area contributed by atoms with Crippen LogP contribution in [0.4, 0.5) is 4.79 Å². The average molecular weight is 254 g/mol. The lowest BCUT2D eigenvalue weighted by atomic mass is 9.76. The van der Waals surface area contributed by atoms with Gasteiger partial charge in [0.1, 0.15) is 5.60 Å². The van der Waals surface area contributed by atoms with E-state index in [1.807, 2.05) is 25.7 Å². The van der Waals surface area contributed by atoms with Crippen molar-refractivity contribution >= 4 is 6.09 Å². The van der Waals surface area contributed by atoms with Gasteiger partial charge in [0.2, 0.25) is 0 Å². The number of hydrogen-bond acceptors (Lipinski definition) is 3. The highest BCUT2D eigenvalue weighted by atomic mass is 16.6. The Morgan fingerprint density at radius 2 is 2.11 bits per heavy atom. The molecule has 4 heteroatoms. The Balaban J connectivity index is 2.13. The zero-order valence-electron chi connectivity index (χ0n) is 12.1. The molecule has 0 aromatic rings. The fraction of sp³-hybridized carbons (Fsp3) is 0.929. The van der Waals surface area contributed by atoms with E-state index in [2.05, 4.69) is 12.2 Å². The summed E-state index contributed by atoms with van der Waals surface area (Å²) in [6.07, 6.45) is 4.54. The van der Waals surface area contributed by atoms with Gasteiger partial charge in [0, 0.05) is 19.1 Å². The van der Waals surface area contributed by atoms with Crippen LogP contribution in [0.2, 0.25) is 0 Å². The Labute approximate surface area is 110 Å². The summed E-state index contributed by atoms with van der Waals surface area (Å²) >= 11 is 0. The van der Waals surface area contributed by atoms with E-state index in [4.69, 9.17) is 4.74 Å². The van der Waals surface area contributed by atoms with Crippen LogP contribution in [-0.2, 0) is 4.74 Å². The Hall–Kier alpha value is -0.770. The Morgan fingerprint density at radius 1 is 1.39 bits per heavy atom. The predicted molar refractivity (Wildman–Crippen MR) is 71.6 cm³/mol. The molecule has 1 saturated carbocycles. The van der Waals surface area contributed by atoms with Gasteiger partial charge in [-0.3, -0.25) is 4.90 Å². The van der Waals surface area contributed by atoms with E-state index >= 15 is 0 Å². The first kappa shape index (κ1) is 13.7. The van der Waals surface area contributed by atoms with Crippen molar-refractivity contribution < 1.29 is 9.53 Å². The summed E-state index contributed by atoms with van der Waals surface area (Å²) in [4.78, 5) is 14.3. The molecule has 4 nitrogen and oxygen atoms in total. The van der Waals surface area contributed by atoms with Crippen molar-refractivity contribution in [3.8, 4) is 0 Å². The molecule has 0 aromatic heterocycles. The number of ether oxygens (including phenoxy) is 1. The number of carbonyl (C=O) groups is 1. The number of nitrogens with zero attached hydrogens (tertiary/aromatic N) is 1. The first-order valence-electron chi connectivity index (χ1n) is 7.07. The molecule has 0 spiro atoms. The summed E-state index contributed by atoms with van der Waals surface area (Å²) < 4.78 is 5.55. The van der Waals surface area contributed by atoms with Crippen molar-refractivity contribution in [2.24, 2.45) is 0 Å². The number of carbonyl (C=O) groups excluding carboxylic acids is 1. The largest absolute Gasteiger partial charge is 0.444 e. The number of amides is 1. The molecule has 18 heavy (non-hydrogen) atoms. The number of hydrogen-bond donors (Lipinski definition) is 1. The molecule has 104 valence electrons. The third-order valence-corrected chi connectivity index (χ3v) is 4.13. The lowest BCUT2D eigenvalue weighted by Gasteiger charge is -2.52. The van der Waals surface area contributed by atoms with Gasteiger partial charge in [0.15, 0.2) is 0 Å². The standard InChI is InChI=1S/C14H26N2O2/c1-13(2,3)18-12(17)16-10-9-15-11-7-5-6-8-14(11,16)4/h11,15H,5-10H2,1-4H3/t11-,14+/m1/s1. The molecular formula is C14H26N2O2. The van der Waals surface area contributed by atoms with Gasteiger partial charge in [-0.15, -0.1) is 0 Å². The Bertz CT molecular complexity index is 322. The van der Waals surface area contributed by atoms with Crippen molar-refractivity contribution in [3.05, 3.63) is 0 Å². The van der Waals surface area contributed by atoms with Crippen LogP contribution in [0.5, 0.6) is 0 Å². The van der Waals surface area contributed by atoms with Crippen molar-refractivity contribution in [1.29, 1.82) is 0 Å². The molecule has 2 fully saturated rings. The first-order chi connectivity index (χ1) is 8.33. The number of fused-ring (bicyclic) bond motifs is 1. The molecule has 1 N–H and O–H groups in total. The lowest BCUT2D eigenvalue weighted by molar-refractivity contribution is -0.0304. The van der Waals surface area contributed by atoms with Gasteiger partial charge in [0.25, 0.3) is 0 Å². The predicted octanol–water partition coefficient (Wildman–Crippen LogP) is 2.53. The zero-order valence-corrected chi connectivity index (χ0v) is 12.1. The molecular weight excluding hydrogens is 228 g/mol. The maximum absolute atomic E-state index is 12.3. The van der Waals surface area contributed by atoms with E-state index in [1.165, 1.54) is 12.8 Å². The van der Waals surface area contributed by atoms with Gasteiger partial charge < -0.3 is 10.1 Å². The first-order valence-corrected chi connectivity index (χ1v) is 7.07. The molecule has 0 bridgehead atoms. The van der Waals surface area contributed by atoms with Crippen molar-refractivity contribution in [3.63, 3.8) is 0 Å². The van der Waals surface area contributed by atoms with Crippen molar-refractivity contribution in [1.82, 2.24) is 10.2 Å². The quantitative estimate of drug-likeness (QED) is 0.722. The summed E-state index contributed by atoms with van der Waals surface area (Å²) in [5, 5.41) is 3.56. The van der Waals surface area contributed by atoms with Gasteiger partial charge in [-0.2, -0.15) is 0 Å². The smallest absolute Gasteiger partial charge is 0.410 e. The van der Waals surface area contributed by atoms with E-state index in [0.717, 1.165) is 25.9 Å². The summed E-state index contributed by atoms with van der Waals surface area (Å²) in [5.74, 6) is 0. The topological polar surface area (TPSA) is 41.6 Å². The molecule has 2 rings (SSSR count). The van der Waals surface area contributed by atoms with E-state index < -0.39 is 5.60 Å². The number of nitrogens with one attached hydrogen (secondary N) is 1. The SMILES string of the molecule is CC(C)(C)OC(=O)N1CCN[C@@H]2CCCC[C@@]21C. The molecule has 1 heterocycles. The molecule has 0 radical (unpaired) electrons. The van der Waals surface area contributed by atoms with E-state index in [1.54, 1.807) is 0 Å². The van der Waals surface area contributed by atoms with Gasteiger partial charge >= 0.3 is 6.09 Å². The van der Waals surface area contributed by atoms with Crippen LogP contribution in [0, 0.1) is 0 Å². The molecule has 1 aliphatic carbocycles. The van der Waals surface area contributed by atoms with Crippen LogP contribution in [0.3, 0.4) is 0 Å². The third kappa shape index (κ3) is 2.63. The maximum atomic E-state index is 12.3. The second-order valence-corrected chi connectivity index (χ2v) is 6.74. The van der Waals surface area contributed by atoms with Gasteiger partial charge in [-0.05, 0) is 40.5 Å². The molecule has 0 aromatic carbocycles. The van der Waals surface area contributed by atoms with E-state index in [-0.39, 0.29) is 11.6 Å². The summed E-state index contributed by atoms with van der Waals surface area (Å²) in [6.45, 7) is 9.60. The van der Waals surface area contributed by atoms with Gasteiger partial charge in [0.05, 0.1) is 5.54 Å². The fourth-order valence-electron chi connectivity index (χ4n) is 3.18. The monoisotopic (exact) mass is 254 g/mol. The fourth-order valence-corrected chi connectivity index (χ4v) is 3.18. The van der Waals surface area contributed by atoms with Crippen molar-refractivity contribution in [2.45, 2.75) is 70.6 Å². The number of rotatable bonds is 0. The van der Waals surface area contributed by atoms with E-state index in [9.17, 15) is 4.79 Å². The van der Waals surface area contributed by atoms with Crippen LogP contribution in [-0.4, -0.2) is 41.3 Å². The van der Waals surface area contributed by atoms with Crippen LogP contribution in [0.25, 0.3) is 0 Å². The highest BCUT2D eigenvalue weighted by Gasteiger charge is 2.46. The van der Waals surface area contributed by atoms with Crippen molar-refractivity contribution in [2.75, 3.05) is 13.1 Å². The Morgan fingerprint density at radius 3 is 2.78 bits per heavy atom. The molecule has 2 aliphatic rings. The zero-order chi connectivity index (χ0) is 13.4. The van der Waals surface area contributed by atoms with Gasteiger partial charge in [-0.25, -0.2) is 4.79 Å². The van der Waals surface area contributed by atoms with Crippen LogP contribution < -0.4 is 5.32 Å². The van der Waals surface area contributed by atoms with Gasteiger partial charge in [-0.1, -0.05) is 12.8 Å².